The number of hydrogen-bond acceptors (Lipinski definition) is 5. The zero-order valence-corrected chi connectivity index (χ0v) is 18.9. The predicted molar refractivity (Wildman–Crippen MR) is 115 cm³/mol. The number of urea groups is 1. The average molecular weight is 422 g/mol. The molecule has 1 aromatic carbocycles. The fourth-order valence-electron chi connectivity index (χ4n) is 3.63. The molecule has 0 spiro atoms. The van der Waals surface area contributed by atoms with Gasteiger partial charge in [0, 0.05) is 56.4 Å². The van der Waals surface area contributed by atoms with E-state index >= 15 is 0 Å². The molecule has 2 unspecified atom stereocenters. The van der Waals surface area contributed by atoms with E-state index in [2.05, 4.69) is 10.6 Å². The number of ether oxygens (including phenoxy) is 3. The molecule has 1 aromatic rings. The summed E-state index contributed by atoms with van der Waals surface area (Å²) in [5, 5.41) is 5.97. The lowest BCUT2D eigenvalue weighted by molar-refractivity contribution is -0.124. The van der Waals surface area contributed by atoms with Crippen molar-refractivity contribution in [3.63, 3.8) is 0 Å². The predicted octanol–water partition coefficient (Wildman–Crippen LogP) is 2.38. The van der Waals surface area contributed by atoms with Crippen molar-refractivity contribution in [3.05, 3.63) is 23.8 Å². The van der Waals surface area contributed by atoms with Crippen molar-refractivity contribution in [2.75, 3.05) is 47.6 Å². The number of rotatable bonds is 8. The van der Waals surface area contributed by atoms with E-state index < -0.39 is 0 Å². The van der Waals surface area contributed by atoms with Gasteiger partial charge in [0.15, 0.2) is 0 Å². The van der Waals surface area contributed by atoms with Gasteiger partial charge in [-0.25, -0.2) is 4.79 Å². The maximum absolute atomic E-state index is 13.0. The van der Waals surface area contributed by atoms with Crippen LogP contribution in [-0.4, -0.2) is 69.9 Å². The van der Waals surface area contributed by atoms with E-state index in [0.717, 1.165) is 12.0 Å². The third-order valence-electron chi connectivity index (χ3n) is 5.09. The largest absolute Gasteiger partial charge is 0.497 e. The average Bonchev–Trinajstić information content (AvgIpc) is 3.14. The minimum absolute atomic E-state index is 0.0694. The van der Waals surface area contributed by atoms with Gasteiger partial charge in [0.05, 0.1) is 20.1 Å². The molecule has 0 aliphatic carbocycles. The van der Waals surface area contributed by atoms with Crippen molar-refractivity contribution in [2.45, 2.75) is 38.6 Å². The van der Waals surface area contributed by atoms with Gasteiger partial charge in [0.2, 0.25) is 5.91 Å². The molecule has 1 aliphatic heterocycles. The fourth-order valence-corrected chi connectivity index (χ4v) is 3.63. The molecular formula is C22H35N3O5. The lowest BCUT2D eigenvalue weighted by Gasteiger charge is -2.25. The highest BCUT2D eigenvalue weighted by Gasteiger charge is 2.42. The molecule has 0 aromatic heterocycles. The summed E-state index contributed by atoms with van der Waals surface area (Å²) in [7, 11) is 4.83. The van der Waals surface area contributed by atoms with Crippen LogP contribution in [0.2, 0.25) is 0 Å². The van der Waals surface area contributed by atoms with Crippen molar-refractivity contribution in [2.24, 2.45) is 5.92 Å². The topological polar surface area (TPSA) is 89.1 Å². The number of nitrogens with zero attached hydrogens (tertiary/aromatic N) is 1. The van der Waals surface area contributed by atoms with Crippen LogP contribution in [0.15, 0.2) is 18.2 Å². The van der Waals surface area contributed by atoms with E-state index in [-0.39, 0.29) is 29.3 Å². The molecule has 1 saturated heterocycles. The Morgan fingerprint density at radius 3 is 2.47 bits per heavy atom. The molecule has 8 heteroatoms. The Labute approximate surface area is 179 Å². The smallest absolute Gasteiger partial charge is 0.317 e. The first kappa shape index (κ1) is 23.8. The van der Waals surface area contributed by atoms with Crippen molar-refractivity contribution in [3.8, 4) is 11.5 Å². The third kappa shape index (κ3) is 6.26. The van der Waals surface area contributed by atoms with Crippen LogP contribution in [0.5, 0.6) is 11.5 Å². The standard InChI is InChI=1S/C22H35N3O5/c1-22(2,3)24-21(27)25-13-17(16-9-8-15(29-5)12-19(16)30-6)18(14-25)20(26)23-10-7-11-28-4/h8-9,12,17-18H,7,10-11,13-14H2,1-6H3,(H,23,26)(H,24,27). The Kier molecular flexibility index (Phi) is 8.34. The lowest BCUT2D eigenvalue weighted by atomic mass is 9.87. The Balaban J connectivity index is 2.26. The normalized spacial score (nSPS) is 18.8. The first-order valence-electron chi connectivity index (χ1n) is 10.3. The van der Waals surface area contributed by atoms with Gasteiger partial charge in [-0.2, -0.15) is 0 Å². The molecule has 2 N–H and O–H groups in total. The van der Waals surface area contributed by atoms with Crippen LogP contribution < -0.4 is 20.1 Å². The zero-order chi connectivity index (χ0) is 22.3. The Morgan fingerprint density at radius 1 is 1.13 bits per heavy atom. The number of carbonyl (C=O) groups is 2. The minimum atomic E-state index is -0.374. The third-order valence-corrected chi connectivity index (χ3v) is 5.09. The molecule has 168 valence electrons. The monoisotopic (exact) mass is 421 g/mol. The minimum Gasteiger partial charge on any atom is -0.497 e. The summed E-state index contributed by atoms with van der Waals surface area (Å²) in [6.45, 7) is 7.70. The van der Waals surface area contributed by atoms with Crippen LogP contribution in [0.1, 0.15) is 38.7 Å². The first-order chi connectivity index (χ1) is 14.2. The van der Waals surface area contributed by atoms with Gasteiger partial charge in [-0.3, -0.25) is 4.79 Å². The summed E-state index contributed by atoms with van der Waals surface area (Å²) in [5.41, 5.74) is 0.534. The van der Waals surface area contributed by atoms with Crippen LogP contribution in [0, 0.1) is 5.92 Å². The zero-order valence-electron chi connectivity index (χ0n) is 18.9. The van der Waals surface area contributed by atoms with E-state index in [9.17, 15) is 9.59 Å². The summed E-state index contributed by atoms with van der Waals surface area (Å²) in [6, 6.07) is 5.40. The number of nitrogens with one attached hydrogen (secondary N) is 2. The highest BCUT2D eigenvalue weighted by atomic mass is 16.5. The summed E-state index contributed by atoms with van der Waals surface area (Å²) in [4.78, 5) is 27.5. The second-order valence-electron chi connectivity index (χ2n) is 8.54. The maximum atomic E-state index is 13.0. The molecule has 3 amide bonds. The molecule has 0 radical (unpaired) electrons. The van der Waals surface area contributed by atoms with Gasteiger partial charge in [-0.1, -0.05) is 6.07 Å². The molecule has 8 nitrogen and oxygen atoms in total. The summed E-state index contributed by atoms with van der Waals surface area (Å²) in [5.74, 6) is 0.700. The number of carbonyl (C=O) groups excluding carboxylic acids is 2. The van der Waals surface area contributed by atoms with E-state index in [0.29, 0.717) is 37.7 Å². The van der Waals surface area contributed by atoms with E-state index in [1.165, 1.54) is 0 Å². The summed E-state index contributed by atoms with van der Waals surface area (Å²) < 4.78 is 15.9. The van der Waals surface area contributed by atoms with Crippen molar-refractivity contribution in [1.29, 1.82) is 0 Å². The molecule has 1 fully saturated rings. The van der Waals surface area contributed by atoms with Gasteiger partial charge >= 0.3 is 6.03 Å². The summed E-state index contributed by atoms with van der Waals surface area (Å²) >= 11 is 0. The van der Waals surface area contributed by atoms with Crippen LogP contribution >= 0.6 is 0 Å². The Morgan fingerprint density at radius 2 is 1.87 bits per heavy atom. The SMILES string of the molecule is COCCCNC(=O)C1CN(C(=O)NC(C)(C)C)CC1c1ccc(OC)cc1OC. The maximum Gasteiger partial charge on any atom is 0.317 e. The molecule has 0 saturated carbocycles. The first-order valence-corrected chi connectivity index (χ1v) is 10.3. The van der Waals surface area contributed by atoms with Crippen LogP contribution in [0.25, 0.3) is 0 Å². The van der Waals surface area contributed by atoms with Gasteiger partial charge in [0.1, 0.15) is 11.5 Å². The van der Waals surface area contributed by atoms with Crippen molar-refractivity contribution in [1.82, 2.24) is 15.5 Å². The quantitative estimate of drug-likeness (QED) is 0.629. The van der Waals surface area contributed by atoms with Crippen molar-refractivity contribution >= 4 is 11.9 Å². The van der Waals surface area contributed by atoms with E-state index in [4.69, 9.17) is 14.2 Å². The van der Waals surface area contributed by atoms with Gasteiger partial charge < -0.3 is 29.7 Å². The molecule has 2 rings (SSSR count). The van der Waals surface area contributed by atoms with Crippen molar-refractivity contribution < 1.29 is 23.8 Å². The van der Waals surface area contributed by atoms with E-state index in [1.807, 2.05) is 32.9 Å². The molecule has 1 aliphatic rings. The molecule has 30 heavy (non-hydrogen) atoms. The number of methoxy groups -OCH3 is 3. The second-order valence-corrected chi connectivity index (χ2v) is 8.54. The highest BCUT2D eigenvalue weighted by Crippen LogP contribution is 2.39. The fraction of sp³-hybridized carbons (Fsp3) is 0.636. The lowest BCUT2D eigenvalue weighted by Crippen LogP contribution is -2.48. The second kappa shape index (κ2) is 10.5. The van der Waals surface area contributed by atoms with Gasteiger partial charge in [-0.15, -0.1) is 0 Å². The van der Waals surface area contributed by atoms with Crippen LogP contribution in [-0.2, 0) is 9.53 Å². The number of likely N-dealkylation sites (tertiary alicyclic amines) is 1. The number of benzene rings is 1. The van der Waals surface area contributed by atoms with Crippen LogP contribution in [0.4, 0.5) is 4.79 Å². The molecular weight excluding hydrogens is 386 g/mol. The molecule has 2 atom stereocenters. The number of hydrogen-bond donors (Lipinski definition) is 2. The van der Waals surface area contributed by atoms with E-state index in [1.54, 1.807) is 32.3 Å². The van der Waals surface area contributed by atoms with Gasteiger partial charge in [0.25, 0.3) is 0 Å². The Hall–Kier alpha value is -2.48. The summed E-state index contributed by atoms with van der Waals surface area (Å²) in [6.07, 6.45) is 0.736. The Bertz CT molecular complexity index is 732. The van der Waals surface area contributed by atoms with Crippen LogP contribution in [0.3, 0.4) is 0 Å². The highest BCUT2D eigenvalue weighted by molar-refractivity contribution is 5.83. The van der Waals surface area contributed by atoms with Gasteiger partial charge in [-0.05, 0) is 33.3 Å². The molecule has 0 bridgehead atoms. The number of amides is 3. The molecule has 1 heterocycles.